The third kappa shape index (κ3) is 12.7. The van der Waals surface area contributed by atoms with Gasteiger partial charge in [0, 0.05) is 67.1 Å². The number of carbonyl (C=O) groups excluding carboxylic acids is 4. The Morgan fingerprint density at radius 2 is 1.73 bits per heavy atom. The minimum Gasteiger partial charge on any atom is -0.391 e. The van der Waals surface area contributed by atoms with Gasteiger partial charge in [0.05, 0.1) is 25.4 Å². The fourth-order valence-corrected chi connectivity index (χ4v) is 8.82. The van der Waals surface area contributed by atoms with Crippen LogP contribution in [0.1, 0.15) is 74.4 Å². The van der Waals surface area contributed by atoms with Crippen LogP contribution < -0.4 is 16.1 Å². The van der Waals surface area contributed by atoms with Crippen LogP contribution >= 0.6 is 11.3 Å². The average molecular weight is 877 g/mol. The lowest BCUT2D eigenvalue weighted by Gasteiger charge is -2.35. The molecule has 3 aromatic carbocycles. The van der Waals surface area contributed by atoms with Crippen LogP contribution in [-0.4, -0.2) is 99.8 Å². The van der Waals surface area contributed by atoms with E-state index in [9.17, 15) is 24.3 Å². The molecule has 1 saturated heterocycles. The Hall–Kier alpha value is -5.64. The third-order valence-corrected chi connectivity index (χ3v) is 12.6. The Balaban J connectivity index is 1.01. The maximum Gasteiger partial charge on any atom is 0.267 e. The van der Waals surface area contributed by atoms with E-state index in [1.165, 1.54) is 32.4 Å². The standard InChI is InChI=1S/C49H60N6O7S/c1-32-22-27-63-45(32)37-17-15-36(16-18-37)33(2)51-47(59)42-28-39(56)31-55(42)48(60)46(49(3,4)5)52-43(57)21-25-62-26-24-54(23-20-38-29-50-41-9-7-6-8-40(38)41)30-35-12-10-34(11-13-35)14-19-44(58)53-61/h6-19,22,27,29,33,39,42,46,50,56,61H,20-21,23-26,28,30-31H2,1-5H3,(H,51,59)(H,52,57)(H,53,58)/b19-14+/t33-,39+,42+,46+/m1/s1. The van der Waals surface area contributed by atoms with Crippen LogP contribution in [0.25, 0.3) is 27.4 Å². The normalized spacial score (nSPS) is 16.4. The van der Waals surface area contributed by atoms with Gasteiger partial charge in [-0.05, 0) is 82.7 Å². The second kappa shape index (κ2) is 21.6. The zero-order chi connectivity index (χ0) is 45.1. The van der Waals surface area contributed by atoms with Crippen LogP contribution in [0.15, 0.2) is 96.5 Å². The summed E-state index contributed by atoms with van der Waals surface area (Å²) in [5.74, 6) is -1.72. The highest BCUT2D eigenvalue weighted by atomic mass is 32.1. The van der Waals surface area contributed by atoms with Crippen LogP contribution in [0.3, 0.4) is 0 Å². The van der Waals surface area contributed by atoms with Gasteiger partial charge in [-0.2, -0.15) is 0 Å². The minimum absolute atomic E-state index is 0.00687. The van der Waals surface area contributed by atoms with E-state index in [0.717, 1.165) is 40.7 Å². The zero-order valence-corrected chi connectivity index (χ0v) is 37.5. The molecule has 0 radical (unpaired) electrons. The summed E-state index contributed by atoms with van der Waals surface area (Å²) in [5.41, 5.74) is 8.35. The summed E-state index contributed by atoms with van der Waals surface area (Å²) in [7, 11) is 0. The summed E-state index contributed by atoms with van der Waals surface area (Å²) in [6.07, 6.45) is 5.00. The molecular formula is C49H60N6O7S. The van der Waals surface area contributed by atoms with Crippen LogP contribution in [0, 0.1) is 12.3 Å². The summed E-state index contributed by atoms with van der Waals surface area (Å²) in [6.45, 7) is 12.1. The molecule has 3 heterocycles. The highest BCUT2D eigenvalue weighted by Gasteiger charge is 2.44. The zero-order valence-electron chi connectivity index (χ0n) is 36.7. The fraction of sp³-hybridized carbons (Fsp3) is 0.388. The molecule has 5 aromatic rings. The van der Waals surface area contributed by atoms with Crippen molar-refractivity contribution in [2.24, 2.45) is 5.41 Å². The van der Waals surface area contributed by atoms with Crippen molar-refractivity contribution in [3.05, 3.63) is 124 Å². The second-order valence-corrected chi connectivity index (χ2v) is 18.3. The Bertz CT molecular complexity index is 2350. The summed E-state index contributed by atoms with van der Waals surface area (Å²) >= 11 is 1.69. The highest BCUT2D eigenvalue weighted by molar-refractivity contribution is 7.13. The van der Waals surface area contributed by atoms with E-state index in [4.69, 9.17) is 9.94 Å². The number of aliphatic hydroxyl groups excluding tert-OH is 1. The van der Waals surface area contributed by atoms with Crippen molar-refractivity contribution in [2.75, 3.05) is 32.8 Å². The van der Waals surface area contributed by atoms with Crippen LogP contribution in [-0.2, 0) is 36.9 Å². The predicted octanol–water partition coefficient (Wildman–Crippen LogP) is 6.54. The Labute approximate surface area is 373 Å². The van der Waals surface area contributed by atoms with Crippen LogP contribution in [0.5, 0.6) is 0 Å². The van der Waals surface area contributed by atoms with Gasteiger partial charge in [0.15, 0.2) is 0 Å². The number of hydrogen-bond acceptors (Lipinski definition) is 9. The van der Waals surface area contributed by atoms with Gasteiger partial charge in [-0.25, -0.2) is 5.48 Å². The molecule has 1 fully saturated rings. The number of carbonyl (C=O) groups is 4. The van der Waals surface area contributed by atoms with E-state index in [0.29, 0.717) is 19.7 Å². The number of benzene rings is 3. The number of aromatic nitrogens is 1. The number of aryl methyl sites for hydroxylation is 1. The number of hydroxylamine groups is 1. The molecule has 334 valence electrons. The smallest absolute Gasteiger partial charge is 0.267 e. The maximum absolute atomic E-state index is 14.2. The summed E-state index contributed by atoms with van der Waals surface area (Å²) < 4.78 is 6.00. The highest BCUT2D eigenvalue weighted by Crippen LogP contribution is 2.31. The molecular weight excluding hydrogens is 817 g/mol. The first-order chi connectivity index (χ1) is 30.2. The maximum atomic E-state index is 14.2. The van der Waals surface area contributed by atoms with E-state index in [-0.39, 0.29) is 43.8 Å². The monoisotopic (exact) mass is 876 g/mol. The fourth-order valence-electron chi connectivity index (χ4n) is 7.89. The lowest BCUT2D eigenvalue weighted by atomic mass is 9.85. The molecule has 63 heavy (non-hydrogen) atoms. The number of fused-ring (bicyclic) bond motifs is 1. The van der Waals surface area contributed by atoms with E-state index in [1.54, 1.807) is 22.9 Å². The van der Waals surface area contributed by atoms with E-state index in [2.05, 4.69) is 51.0 Å². The number of ether oxygens (including phenoxy) is 1. The third-order valence-electron chi connectivity index (χ3n) is 11.5. The number of hydrogen-bond donors (Lipinski definition) is 6. The number of nitrogens with one attached hydrogen (secondary N) is 4. The van der Waals surface area contributed by atoms with Crippen molar-refractivity contribution in [1.82, 2.24) is 30.9 Å². The van der Waals surface area contributed by atoms with Gasteiger partial charge < -0.3 is 30.4 Å². The van der Waals surface area contributed by atoms with Gasteiger partial charge >= 0.3 is 0 Å². The van der Waals surface area contributed by atoms with Crippen molar-refractivity contribution in [2.45, 2.75) is 84.7 Å². The van der Waals surface area contributed by atoms with Crippen molar-refractivity contribution < 1.29 is 34.2 Å². The van der Waals surface area contributed by atoms with Crippen LogP contribution in [0.2, 0.25) is 0 Å². The van der Waals surface area contributed by atoms with Gasteiger partial charge in [0.25, 0.3) is 5.91 Å². The van der Waals surface area contributed by atoms with Crippen molar-refractivity contribution in [3.8, 4) is 10.4 Å². The molecule has 0 saturated carbocycles. The summed E-state index contributed by atoms with van der Waals surface area (Å²) in [4.78, 5) is 60.9. The van der Waals surface area contributed by atoms with Gasteiger partial charge in [0.2, 0.25) is 17.7 Å². The molecule has 0 aliphatic carbocycles. The number of para-hydroxylation sites is 1. The predicted molar refractivity (Wildman–Crippen MR) is 247 cm³/mol. The number of β-amino-alcohol motifs (C(OH)–C–C–N with tert-alkyl or cyclic N) is 1. The Kier molecular flexibility index (Phi) is 16.1. The van der Waals surface area contributed by atoms with E-state index in [1.807, 2.05) is 94.6 Å². The number of nitrogens with zero attached hydrogens (tertiary/aromatic N) is 2. The first-order valence-electron chi connectivity index (χ1n) is 21.5. The molecule has 0 spiro atoms. The van der Waals surface area contributed by atoms with Gasteiger partial charge in [-0.3, -0.25) is 29.3 Å². The largest absolute Gasteiger partial charge is 0.391 e. The number of aliphatic hydroxyl groups is 1. The number of thiophene rings is 1. The van der Waals surface area contributed by atoms with Gasteiger partial charge in [0.1, 0.15) is 12.1 Å². The second-order valence-electron chi connectivity index (χ2n) is 17.3. The Morgan fingerprint density at radius 3 is 2.43 bits per heavy atom. The molecule has 13 nitrogen and oxygen atoms in total. The molecule has 1 aliphatic heterocycles. The number of rotatable bonds is 19. The molecule has 4 atom stereocenters. The first kappa shape index (κ1) is 46.9. The Morgan fingerprint density at radius 1 is 0.984 bits per heavy atom. The van der Waals surface area contributed by atoms with Gasteiger partial charge in [-0.1, -0.05) is 87.5 Å². The van der Waals surface area contributed by atoms with Crippen LogP contribution in [0.4, 0.5) is 0 Å². The topological polar surface area (TPSA) is 176 Å². The molecule has 4 amide bonds. The molecule has 0 bridgehead atoms. The van der Waals surface area contributed by atoms with Crippen molar-refractivity contribution >= 4 is 51.9 Å². The molecule has 14 heteroatoms. The molecule has 1 aliphatic rings. The lowest BCUT2D eigenvalue weighted by Crippen LogP contribution is -2.58. The van der Waals surface area contributed by atoms with E-state index >= 15 is 0 Å². The first-order valence-corrected chi connectivity index (χ1v) is 22.4. The molecule has 2 aromatic heterocycles. The summed E-state index contributed by atoms with van der Waals surface area (Å²) in [6, 6.07) is 24.0. The number of likely N-dealkylation sites (tertiary alicyclic amines) is 1. The SMILES string of the molecule is Cc1ccsc1-c1ccc([C@@H](C)NC(=O)[C@@H]2C[C@H](O)CN2C(=O)[C@H](NC(=O)CCOCCN(CCc2c[nH]c3ccccc23)Cc2ccc(/C=C/C(=O)NO)cc2)C(C)(C)C)cc1. The lowest BCUT2D eigenvalue weighted by molar-refractivity contribution is -0.144. The van der Waals surface area contributed by atoms with E-state index < -0.39 is 35.4 Å². The molecule has 0 unspecified atom stereocenters. The summed E-state index contributed by atoms with van der Waals surface area (Å²) in [5, 5.41) is 28.7. The number of amides is 4. The quantitative estimate of drug-likeness (QED) is 0.0235. The van der Waals surface area contributed by atoms with Gasteiger partial charge in [-0.15, -0.1) is 11.3 Å². The van der Waals surface area contributed by atoms with Crippen molar-refractivity contribution in [1.29, 1.82) is 0 Å². The molecule has 6 N–H and O–H groups in total. The van der Waals surface area contributed by atoms with Crippen molar-refractivity contribution in [3.63, 3.8) is 0 Å². The average Bonchev–Trinajstić information content (AvgIpc) is 4.01. The minimum atomic E-state index is -0.940. The number of aromatic amines is 1. The molecule has 6 rings (SSSR count). The number of H-pyrrole nitrogens is 1.